The van der Waals surface area contributed by atoms with E-state index in [-0.39, 0.29) is 13.1 Å². The van der Waals surface area contributed by atoms with E-state index in [0.29, 0.717) is 37.8 Å². The summed E-state index contributed by atoms with van der Waals surface area (Å²) in [7, 11) is 1.59. The maximum atomic E-state index is 12.5. The Balaban J connectivity index is 0.00000176. The van der Waals surface area contributed by atoms with E-state index in [4.69, 9.17) is 18.7 Å². The van der Waals surface area contributed by atoms with Crippen LogP contribution in [0.25, 0.3) is 11.3 Å². The zero-order valence-electron chi connectivity index (χ0n) is 20.7. The number of carbonyl (C=O) groups excluding carboxylic acids is 3. The number of esters is 1. The maximum Gasteiger partial charge on any atom is 0.350 e. The second-order valence-electron chi connectivity index (χ2n) is 7.62. The van der Waals surface area contributed by atoms with E-state index in [1.54, 1.807) is 24.7 Å². The van der Waals surface area contributed by atoms with Crippen molar-refractivity contribution in [3.05, 3.63) is 42.2 Å². The van der Waals surface area contributed by atoms with Crippen molar-refractivity contribution in [3.8, 4) is 11.3 Å². The first-order valence-electron chi connectivity index (χ1n) is 11.7. The third kappa shape index (κ3) is 7.21. The number of imide groups is 1. The lowest BCUT2D eigenvalue weighted by Gasteiger charge is -2.25. The predicted octanol–water partition coefficient (Wildman–Crippen LogP) is 1.16. The fourth-order valence-corrected chi connectivity index (χ4v) is 3.43. The summed E-state index contributed by atoms with van der Waals surface area (Å²) < 4.78 is 16.1. The van der Waals surface area contributed by atoms with Crippen molar-refractivity contribution in [1.29, 1.82) is 0 Å². The Morgan fingerprint density at radius 2 is 1.83 bits per heavy atom. The van der Waals surface area contributed by atoms with Crippen molar-refractivity contribution < 1.29 is 38.6 Å². The number of urea groups is 1. The fraction of sp³-hybridized carbons (Fsp3) is 0.417. The number of hydrogen-bond donors (Lipinski definition) is 1. The van der Waals surface area contributed by atoms with Gasteiger partial charge in [0.25, 0.3) is 5.91 Å². The first-order chi connectivity index (χ1) is 17.5. The molecule has 12 heteroatoms. The van der Waals surface area contributed by atoms with Gasteiger partial charge in [0, 0.05) is 30.8 Å². The third-order valence-electron chi connectivity index (χ3n) is 5.25. The van der Waals surface area contributed by atoms with Gasteiger partial charge in [-0.05, 0) is 24.3 Å². The lowest BCUT2D eigenvalue weighted by molar-refractivity contribution is -0.830. The van der Waals surface area contributed by atoms with Crippen LogP contribution in [-0.2, 0) is 23.9 Å². The molecule has 0 aliphatic carbocycles. The number of furan rings is 1. The van der Waals surface area contributed by atoms with Crippen molar-refractivity contribution in [2.24, 2.45) is 5.10 Å². The Bertz CT molecular complexity index is 1050. The van der Waals surface area contributed by atoms with Crippen LogP contribution in [0.1, 0.15) is 19.6 Å². The number of hydrazone groups is 1. The van der Waals surface area contributed by atoms with Crippen LogP contribution in [0, 0.1) is 0 Å². The number of carbonyl (C=O) groups is 3. The highest BCUT2D eigenvalue weighted by atomic mass is 16.6. The minimum atomic E-state index is -0.669. The zero-order valence-corrected chi connectivity index (χ0v) is 20.7. The number of ether oxygens (including phenoxy) is 2. The number of benzene rings is 1. The smallest absolute Gasteiger partial charge is 0.350 e. The molecule has 0 bridgehead atoms. The molecule has 2 aliphatic rings. The highest BCUT2D eigenvalue weighted by Crippen LogP contribution is 2.22. The van der Waals surface area contributed by atoms with Gasteiger partial charge < -0.3 is 13.9 Å². The fourth-order valence-electron chi connectivity index (χ4n) is 3.43. The van der Waals surface area contributed by atoms with Gasteiger partial charge in [-0.1, -0.05) is 13.8 Å². The highest BCUT2D eigenvalue weighted by molar-refractivity contribution is 6.02. The monoisotopic (exact) mass is 502 g/mol. The molecule has 2 saturated heterocycles. The molecule has 2 N–H and O–H groups in total. The Morgan fingerprint density at radius 1 is 1.11 bits per heavy atom. The number of nitrogens with two attached hydrogens (primary N) is 1. The Kier molecular flexibility index (Phi) is 10.1. The summed E-state index contributed by atoms with van der Waals surface area (Å²) in [6.45, 7) is 5.75. The van der Waals surface area contributed by atoms with Crippen molar-refractivity contribution >= 4 is 29.8 Å². The summed E-state index contributed by atoms with van der Waals surface area (Å²) in [5.41, 5.74) is 3.42. The van der Waals surface area contributed by atoms with Gasteiger partial charge in [0.05, 0.1) is 33.1 Å². The molecule has 0 saturated carbocycles. The van der Waals surface area contributed by atoms with Crippen LogP contribution in [0.4, 0.5) is 10.5 Å². The molecule has 3 amide bonds. The van der Waals surface area contributed by atoms with E-state index in [1.165, 1.54) is 6.21 Å². The van der Waals surface area contributed by atoms with Gasteiger partial charge >= 0.3 is 12.0 Å². The topological polar surface area (TPSA) is 131 Å². The number of amides is 3. The quantitative estimate of drug-likeness (QED) is 0.178. The molecular formula is C24H32N5O7+. The lowest BCUT2D eigenvalue weighted by Crippen LogP contribution is -2.75. The minimum absolute atomic E-state index is 0.0790. The molecule has 0 unspecified atom stereocenters. The Hall–Kier alpha value is -3.58. The van der Waals surface area contributed by atoms with E-state index in [9.17, 15) is 14.4 Å². The van der Waals surface area contributed by atoms with Crippen LogP contribution >= 0.6 is 0 Å². The summed E-state index contributed by atoms with van der Waals surface area (Å²) in [5, 5.41) is 5.06. The number of morpholine rings is 1. The molecule has 36 heavy (non-hydrogen) atoms. The summed E-state index contributed by atoms with van der Waals surface area (Å²) in [6.07, 6.45) is 1.36. The molecule has 0 radical (unpaired) electrons. The molecule has 3 heterocycles. The number of quaternary nitrogens is 1. The van der Waals surface area contributed by atoms with E-state index >= 15 is 0 Å². The van der Waals surface area contributed by atoms with Gasteiger partial charge in [-0.2, -0.15) is 10.6 Å². The molecular weight excluding hydrogens is 470 g/mol. The molecule has 1 aromatic heterocycles. The molecule has 12 nitrogen and oxygen atoms in total. The Morgan fingerprint density at radius 3 is 2.53 bits per heavy atom. The molecule has 1 aromatic carbocycles. The van der Waals surface area contributed by atoms with Crippen LogP contribution < -0.4 is 5.48 Å². The largest absolute Gasteiger partial charge is 0.455 e. The standard InChI is InChI=1S/C22H25N5O7.C2H6/c1-31-24-17-4-2-16(3-5-17)19-7-6-18(34-19)12-23-27-13-20(28)26(22(27)30)15-33-21(29)14-25-8-10-32-11-9-25;1-2/h2-7,12,24H,8-11,13-15H2,1H3;1-2H3/p+1/b23-12+;. The average Bonchev–Trinajstić information content (AvgIpc) is 3.48. The van der Waals surface area contributed by atoms with Crippen LogP contribution in [0.15, 0.2) is 45.9 Å². The van der Waals surface area contributed by atoms with Gasteiger partial charge in [-0.3, -0.25) is 14.5 Å². The zero-order chi connectivity index (χ0) is 25.9. The molecule has 4 rings (SSSR count). The molecule has 2 aromatic rings. The van der Waals surface area contributed by atoms with E-state index in [0.717, 1.165) is 21.2 Å². The van der Waals surface area contributed by atoms with Gasteiger partial charge in [0.2, 0.25) is 0 Å². The van der Waals surface area contributed by atoms with Crippen LogP contribution in [0.5, 0.6) is 0 Å². The van der Waals surface area contributed by atoms with Crippen LogP contribution in [0.3, 0.4) is 0 Å². The summed E-state index contributed by atoms with van der Waals surface area (Å²) >= 11 is 0. The molecule has 194 valence electrons. The number of hydrogen-bond acceptors (Lipinski definition) is 9. The average molecular weight is 503 g/mol. The lowest BCUT2D eigenvalue weighted by atomic mass is 10.1. The summed E-state index contributed by atoms with van der Waals surface area (Å²) in [6, 6.07) is 10.4. The van der Waals surface area contributed by atoms with Gasteiger partial charge in [-0.25, -0.2) is 19.5 Å². The molecule has 2 aliphatic heterocycles. The van der Waals surface area contributed by atoms with Gasteiger partial charge in [0.15, 0.2) is 12.4 Å². The summed E-state index contributed by atoms with van der Waals surface area (Å²) in [5.74, 6) is 0.0244. The molecule has 0 spiro atoms. The normalized spacial score (nSPS) is 16.4. The van der Waals surface area contributed by atoms with Crippen LogP contribution in [0.2, 0.25) is 0 Å². The van der Waals surface area contributed by atoms with Crippen molar-refractivity contribution in [3.63, 3.8) is 0 Å². The van der Waals surface area contributed by atoms with Crippen molar-refractivity contribution in [2.45, 2.75) is 13.8 Å². The minimum Gasteiger partial charge on any atom is -0.455 e. The van der Waals surface area contributed by atoms with Crippen LogP contribution in [-0.4, -0.2) is 92.2 Å². The maximum absolute atomic E-state index is 12.5. The van der Waals surface area contributed by atoms with E-state index in [1.807, 2.05) is 43.0 Å². The van der Waals surface area contributed by atoms with Crippen molar-refractivity contribution in [2.75, 3.05) is 53.2 Å². The van der Waals surface area contributed by atoms with E-state index in [2.05, 4.69) is 5.10 Å². The third-order valence-corrected chi connectivity index (χ3v) is 5.25. The van der Waals surface area contributed by atoms with Gasteiger partial charge in [0.1, 0.15) is 18.1 Å². The molecule has 2 fully saturated rings. The summed E-state index contributed by atoms with van der Waals surface area (Å²) in [4.78, 5) is 44.5. The number of nitrogens with zero attached hydrogens (tertiary/aromatic N) is 4. The van der Waals surface area contributed by atoms with Gasteiger partial charge in [-0.15, -0.1) is 0 Å². The second kappa shape index (κ2) is 13.5. The predicted molar refractivity (Wildman–Crippen MR) is 129 cm³/mol. The van der Waals surface area contributed by atoms with Crippen molar-refractivity contribution in [1.82, 2.24) is 14.8 Å². The number of rotatable bonds is 9. The molecule has 0 atom stereocenters. The second-order valence-corrected chi connectivity index (χ2v) is 7.62. The first kappa shape index (κ1) is 27.0. The first-order valence-corrected chi connectivity index (χ1v) is 11.7. The SMILES string of the molecule is CC.CO[NH2+]c1ccc(-c2ccc(/C=N/N3CC(=O)N(COC(=O)CN4CCOCC4)C3=O)o2)cc1. The van der Waals surface area contributed by atoms with E-state index < -0.39 is 24.6 Å². The Labute approximate surface area is 209 Å². The highest BCUT2D eigenvalue weighted by Gasteiger charge is 2.37.